The molecular formula is C21H18N4O3. The largest absolute Gasteiger partial charge is 0.496 e. The normalized spacial score (nSPS) is 10.8. The zero-order valence-electron chi connectivity index (χ0n) is 15.4. The van der Waals surface area contributed by atoms with Crippen molar-refractivity contribution >= 4 is 11.6 Å². The average Bonchev–Trinajstić information content (AvgIpc) is 3.17. The Morgan fingerprint density at radius 1 is 1.04 bits per heavy atom. The van der Waals surface area contributed by atoms with Gasteiger partial charge in [-0.3, -0.25) is 9.78 Å². The predicted molar refractivity (Wildman–Crippen MR) is 105 cm³/mol. The molecule has 1 amide bonds. The summed E-state index contributed by atoms with van der Waals surface area (Å²) in [6.45, 7) is 0. The number of nitrogens with zero attached hydrogens (tertiary/aromatic N) is 3. The zero-order valence-corrected chi connectivity index (χ0v) is 15.4. The van der Waals surface area contributed by atoms with Gasteiger partial charge in [-0.15, -0.1) is 0 Å². The van der Waals surface area contributed by atoms with Crippen molar-refractivity contribution in [3.8, 4) is 33.9 Å². The maximum Gasteiger partial charge on any atom is 0.256 e. The van der Waals surface area contributed by atoms with E-state index in [0.717, 1.165) is 16.7 Å². The number of benzene rings is 1. The van der Waals surface area contributed by atoms with E-state index in [0.29, 0.717) is 22.8 Å². The molecule has 0 bridgehead atoms. The van der Waals surface area contributed by atoms with Gasteiger partial charge in [-0.05, 0) is 23.8 Å². The third kappa shape index (κ3) is 3.03. The fourth-order valence-corrected chi connectivity index (χ4v) is 3.12. The number of hydrogen-bond acceptors (Lipinski definition) is 5. The van der Waals surface area contributed by atoms with Crippen LogP contribution in [0.1, 0.15) is 10.4 Å². The highest BCUT2D eigenvalue weighted by molar-refractivity contribution is 6.01. The second kappa shape index (κ2) is 7.03. The van der Waals surface area contributed by atoms with E-state index in [9.17, 15) is 4.79 Å². The average molecular weight is 374 g/mol. The Labute approximate surface area is 161 Å². The van der Waals surface area contributed by atoms with Crippen LogP contribution in [0.25, 0.3) is 28.0 Å². The molecule has 2 N–H and O–H groups in total. The molecule has 3 aromatic heterocycles. The van der Waals surface area contributed by atoms with Gasteiger partial charge in [-0.25, -0.2) is 4.98 Å². The smallest absolute Gasteiger partial charge is 0.256 e. The summed E-state index contributed by atoms with van der Waals surface area (Å²) in [5.74, 6) is 0.498. The molecule has 140 valence electrons. The maximum absolute atomic E-state index is 11.9. The standard InChI is InChI=1S/C21H18N4O3/c1-27-16-9-15(10-23-11-16)13-4-3-5-14(8-13)17-12-25-7-6-18(28-2)19(20(22)26)21(25)24-17/h3-12H,1-2H3,(H2,22,26). The molecule has 0 radical (unpaired) electrons. The summed E-state index contributed by atoms with van der Waals surface area (Å²) in [4.78, 5) is 20.7. The molecule has 0 spiro atoms. The lowest BCUT2D eigenvalue weighted by atomic mass is 10.0. The molecular weight excluding hydrogens is 356 g/mol. The van der Waals surface area contributed by atoms with Crippen LogP contribution in [0.3, 0.4) is 0 Å². The van der Waals surface area contributed by atoms with Gasteiger partial charge in [0.2, 0.25) is 0 Å². The number of methoxy groups -OCH3 is 2. The molecule has 0 saturated heterocycles. The van der Waals surface area contributed by atoms with E-state index in [1.54, 1.807) is 36.2 Å². The second-order valence-corrected chi connectivity index (χ2v) is 6.17. The first-order chi connectivity index (χ1) is 13.6. The van der Waals surface area contributed by atoms with Gasteiger partial charge < -0.3 is 19.6 Å². The van der Waals surface area contributed by atoms with Gasteiger partial charge in [-0.2, -0.15) is 0 Å². The van der Waals surface area contributed by atoms with Crippen LogP contribution in [0.4, 0.5) is 0 Å². The number of imidazole rings is 1. The number of hydrogen-bond donors (Lipinski definition) is 1. The van der Waals surface area contributed by atoms with E-state index in [-0.39, 0.29) is 5.56 Å². The number of carbonyl (C=O) groups excluding carboxylic acids is 1. The third-order valence-electron chi connectivity index (χ3n) is 4.50. The van der Waals surface area contributed by atoms with Crippen LogP contribution < -0.4 is 15.2 Å². The van der Waals surface area contributed by atoms with Gasteiger partial charge >= 0.3 is 0 Å². The molecule has 0 aliphatic carbocycles. The molecule has 3 heterocycles. The van der Waals surface area contributed by atoms with Gasteiger partial charge in [0.1, 0.15) is 17.1 Å². The summed E-state index contributed by atoms with van der Waals surface area (Å²) in [5.41, 5.74) is 9.78. The van der Waals surface area contributed by atoms with E-state index >= 15 is 0 Å². The molecule has 1 aromatic carbocycles. The molecule has 4 aromatic rings. The molecule has 0 fully saturated rings. The quantitative estimate of drug-likeness (QED) is 0.579. The van der Waals surface area contributed by atoms with Crippen LogP contribution in [0.5, 0.6) is 11.5 Å². The number of nitrogens with two attached hydrogens (primary N) is 1. The van der Waals surface area contributed by atoms with Crippen LogP contribution in [-0.4, -0.2) is 34.5 Å². The number of aromatic nitrogens is 3. The summed E-state index contributed by atoms with van der Waals surface area (Å²) in [6.07, 6.45) is 7.08. The lowest BCUT2D eigenvalue weighted by Crippen LogP contribution is -2.14. The maximum atomic E-state index is 11.9. The molecule has 0 aliphatic rings. The minimum absolute atomic E-state index is 0.254. The molecule has 0 aliphatic heterocycles. The van der Waals surface area contributed by atoms with Crippen LogP contribution in [0, 0.1) is 0 Å². The van der Waals surface area contributed by atoms with Crippen molar-refractivity contribution in [2.45, 2.75) is 0 Å². The Bertz CT molecular complexity index is 1180. The van der Waals surface area contributed by atoms with Crippen molar-refractivity contribution in [1.82, 2.24) is 14.4 Å². The molecule has 7 nitrogen and oxygen atoms in total. The highest BCUT2D eigenvalue weighted by atomic mass is 16.5. The number of primary amides is 1. The number of rotatable bonds is 5. The van der Waals surface area contributed by atoms with Gasteiger partial charge in [0, 0.05) is 29.7 Å². The Morgan fingerprint density at radius 2 is 1.86 bits per heavy atom. The monoisotopic (exact) mass is 374 g/mol. The number of amides is 1. The fraction of sp³-hybridized carbons (Fsp3) is 0.0952. The third-order valence-corrected chi connectivity index (χ3v) is 4.50. The zero-order chi connectivity index (χ0) is 19.7. The summed E-state index contributed by atoms with van der Waals surface area (Å²) in [6, 6.07) is 11.5. The lowest BCUT2D eigenvalue weighted by molar-refractivity contribution is 0.0998. The number of carbonyl (C=O) groups is 1. The fourth-order valence-electron chi connectivity index (χ4n) is 3.12. The summed E-state index contributed by atoms with van der Waals surface area (Å²) < 4.78 is 12.3. The van der Waals surface area contributed by atoms with Crippen LogP contribution in [0.2, 0.25) is 0 Å². The van der Waals surface area contributed by atoms with Gasteiger partial charge in [0.25, 0.3) is 5.91 Å². The summed E-state index contributed by atoms with van der Waals surface area (Å²) in [5, 5.41) is 0. The molecule has 0 saturated carbocycles. The van der Waals surface area contributed by atoms with E-state index in [4.69, 9.17) is 15.2 Å². The van der Waals surface area contributed by atoms with Crippen molar-refractivity contribution in [3.05, 3.63) is 66.7 Å². The van der Waals surface area contributed by atoms with Crippen LogP contribution >= 0.6 is 0 Å². The van der Waals surface area contributed by atoms with Gasteiger partial charge in [-0.1, -0.05) is 18.2 Å². The summed E-state index contributed by atoms with van der Waals surface area (Å²) in [7, 11) is 3.10. The first-order valence-corrected chi connectivity index (χ1v) is 8.56. The predicted octanol–water partition coefficient (Wildman–Crippen LogP) is 3.18. The number of pyridine rings is 2. The molecule has 28 heavy (non-hydrogen) atoms. The SMILES string of the molecule is COc1cncc(-c2cccc(-c3cn4ccc(OC)c(C(N)=O)c4n3)c2)c1. The van der Waals surface area contributed by atoms with Crippen molar-refractivity contribution in [3.63, 3.8) is 0 Å². The van der Waals surface area contributed by atoms with E-state index in [1.807, 2.05) is 36.5 Å². The summed E-state index contributed by atoms with van der Waals surface area (Å²) >= 11 is 0. The van der Waals surface area contributed by atoms with E-state index in [2.05, 4.69) is 9.97 Å². The minimum Gasteiger partial charge on any atom is -0.496 e. The molecule has 0 unspecified atom stereocenters. The Kier molecular flexibility index (Phi) is 4.41. The molecule has 4 rings (SSSR count). The number of fused-ring (bicyclic) bond motifs is 1. The first-order valence-electron chi connectivity index (χ1n) is 8.56. The lowest BCUT2D eigenvalue weighted by Gasteiger charge is -2.06. The van der Waals surface area contributed by atoms with E-state index in [1.165, 1.54) is 7.11 Å². The first kappa shape index (κ1) is 17.5. The van der Waals surface area contributed by atoms with E-state index < -0.39 is 5.91 Å². The number of ether oxygens (including phenoxy) is 2. The Balaban J connectivity index is 1.82. The van der Waals surface area contributed by atoms with Crippen molar-refractivity contribution in [2.24, 2.45) is 5.73 Å². The highest BCUT2D eigenvalue weighted by Crippen LogP contribution is 2.29. The van der Waals surface area contributed by atoms with Crippen molar-refractivity contribution in [2.75, 3.05) is 14.2 Å². The topological polar surface area (TPSA) is 91.7 Å². The van der Waals surface area contributed by atoms with Gasteiger partial charge in [0.05, 0.1) is 26.1 Å². The van der Waals surface area contributed by atoms with Crippen molar-refractivity contribution < 1.29 is 14.3 Å². The Morgan fingerprint density at radius 3 is 2.61 bits per heavy atom. The molecule has 7 heteroatoms. The molecule has 0 atom stereocenters. The van der Waals surface area contributed by atoms with Crippen LogP contribution in [0.15, 0.2) is 61.2 Å². The minimum atomic E-state index is -0.587. The highest BCUT2D eigenvalue weighted by Gasteiger charge is 2.17. The van der Waals surface area contributed by atoms with Crippen LogP contribution in [-0.2, 0) is 0 Å². The second-order valence-electron chi connectivity index (χ2n) is 6.17. The van der Waals surface area contributed by atoms with Crippen molar-refractivity contribution in [1.29, 1.82) is 0 Å². The van der Waals surface area contributed by atoms with Gasteiger partial charge in [0.15, 0.2) is 5.65 Å². The Hall–Kier alpha value is -3.87.